The van der Waals surface area contributed by atoms with Crippen LogP contribution in [-0.2, 0) is 16.6 Å². The molecule has 0 radical (unpaired) electrons. The first-order chi connectivity index (χ1) is 17.1. The van der Waals surface area contributed by atoms with Crippen molar-refractivity contribution in [2.24, 2.45) is 0 Å². The first-order valence-corrected chi connectivity index (χ1v) is 11.8. The standard InChI is InChI=1S/C25H29F3N4O4/c1-36-21-7-6-18(12-30-21)24(35)10-8-19(9-11-24)32(20-13-29-14-20)22(33)15-31-23(34)16-2-4-17(5-3-16)25(26,27)28/h2-7,12,19-20,29,35H,8-11,13-15H2,1H3,(H,31,34). The second-order valence-corrected chi connectivity index (χ2v) is 9.22. The van der Waals surface area contributed by atoms with E-state index in [9.17, 15) is 27.9 Å². The maximum atomic E-state index is 13.1. The molecule has 2 aliphatic rings. The van der Waals surface area contributed by atoms with E-state index in [1.807, 2.05) is 0 Å². The molecule has 0 unspecified atom stereocenters. The molecule has 2 fully saturated rings. The summed E-state index contributed by atoms with van der Waals surface area (Å²) >= 11 is 0. The summed E-state index contributed by atoms with van der Waals surface area (Å²) in [5, 5.41) is 16.9. The lowest BCUT2D eigenvalue weighted by atomic mass is 9.77. The van der Waals surface area contributed by atoms with E-state index in [1.54, 1.807) is 23.2 Å². The van der Waals surface area contributed by atoms with E-state index in [0.717, 1.165) is 24.3 Å². The van der Waals surface area contributed by atoms with Gasteiger partial charge in [0.15, 0.2) is 0 Å². The van der Waals surface area contributed by atoms with Crippen LogP contribution < -0.4 is 15.4 Å². The number of benzene rings is 1. The summed E-state index contributed by atoms with van der Waals surface area (Å²) < 4.78 is 43.3. The molecule has 11 heteroatoms. The van der Waals surface area contributed by atoms with E-state index < -0.39 is 23.2 Å². The number of hydrogen-bond donors (Lipinski definition) is 3. The molecule has 0 bridgehead atoms. The third-order valence-electron chi connectivity index (χ3n) is 6.97. The Bertz CT molecular complexity index is 1060. The Kier molecular flexibility index (Phi) is 7.51. The van der Waals surface area contributed by atoms with E-state index in [0.29, 0.717) is 50.2 Å². The van der Waals surface area contributed by atoms with E-state index in [1.165, 1.54) is 7.11 Å². The summed E-state index contributed by atoms with van der Waals surface area (Å²) in [5.74, 6) is -0.416. The highest BCUT2D eigenvalue weighted by Crippen LogP contribution is 2.39. The molecule has 1 aliphatic heterocycles. The zero-order chi connectivity index (χ0) is 25.9. The molecule has 2 heterocycles. The number of hydrogen-bond acceptors (Lipinski definition) is 6. The topological polar surface area (TPSA) is 104 Å². The number of rotatable bonds is 7. The number of methoxy groups -OCH3 is 1. The minimum absolute atomic E-state index is 0.0145. The van der Waals surface area contributed by atoms with Crippen LogP contribution in [0.1, 0.15) is 47.2 Å². The van der Waals surface area contributed by atoms with Crippen LogP contribution in [0, 0.1) is 0 Å². The Labute approximate surface area is 206 Å². The second kappa shape index (κ2) is 10.4. The predicted molar refractivity (Wildman–Crippen MR) is 124 cm³/mol. The van der Waals surface area contributed by atoms with Crippen LogP contribution in [0.3, 0.4) is 0 Å². The minimum atomic E-state index is -4.49. The first kappa shape index (κ1) is 25.9. The Morgan fingerprint density at radius 2 is 1.81 bits per heavy atom. The normalized spacial score (nSPS) is 22.4. The Morgan fingerprint density at radius 3 is 2.31 bits per heavy atom. The van der Waals surface area contributed by atoms with Gasteiger partial charge < -0.3 is 25.4 Å². The van der Waals surface area contributed by atoms with Crippen molar-refractivity contribution in [3.8, 4) is 5.88 Å². The van der Waals surface area contributed by atoms with Crippen molar-refractivity contribution in [3.05, 3.63) is 59.3 Å². The van der Waals surface area contributed by atoms with E-state index in [2.05, 4.69) is 15.6 Å². The molecule has 3 N–H and O–H groups in total. The molecule has 0 spiro atoms. The molecule has 36 heavy (non-hydrogen) atoms. The van der Waals surface area contributed by atoms with Crippen LogP contribution in [0.5, 0.6) is 5.88 Å². The van der Waals surface area contributed by atoms with E-state index in [4.69, 9.17) is 4.74 Å². The molecule has 1 saturated carbocycles. The molecule has 0 atom stereocenters. The summed E-state index contributed by atoms with van der Waals surface area (Å²) in [6.07, 6.45) is -0.816. The smallest absolute Gasteiger partial charge is 0.416 e. The number of amides is 2. The van der Waals surface area contributed by atoms with Crippen molar-refractivity contribution < 1.29 is 32.6 Å². The van der Waals surface area contributed by atoms with Gasteiger partial charge in [0, 0.05) is 42.5 Å². The highest BCUT2D eigenvalue weighted by molar-refractivity contribution is 5.96. The Morgan fingerprint density at radius 1 is 1.14 bits per heavy atom. The van der Waals surface area contributed by atoms with E-state index in [-0.39, 0.29) is 30.1 Å². The predicted octanol–water partition coefficient (Wildman–Crippen LogP) is 2.47. The van der Waals surface area contributed by atoms with Crippen molar-refractivity contribution in [3.63, 3.8) is 0 Å². The Hall–Kier alpha value is -3.18. The first-order valence-electron chi connectivity index (χ1n) is 11.8. The number of aliphatic hydroxyl groups is 1. The monoisotopic (exact) mass is 506 g/mol. The van der Waals surface area contributed by atoms with Gasteiger partial charge in [0.05, 0.1) is 30.9 Å². The van der Waals surface area contributed by atoms with Crippen molar-refractivity contribution >= 4 is 11.8 Å². The van der Waals surface area contributed by atoms with Gasteiger partial charge in [0.2, 0.25) is 11.8 Å². The van der Waals surface area contributed by atoms with Gasteiger partial charge in [-0.1, -0.05) is 0 Å². The molecular formula is C25H29F3N4O4. The highest BCUT2D eigenvalue weighted by atomic mass is 19.4. The summed E-state index contributed by atoms with van der Waals surface area (Å²) in [5.41, 5.74) is -1.14. The summed E-state index contributed by atoms with van der Waals surface area (Å²) in [6, 6.07) is 7.24. The lowest BCUT2D eigenvalue weighted by Crippen LogP contribution is -2.63. The molecule has 2 amide bonds. The van der Waals surface area contributed by atoms with Gasteiger partial charge in [0.25, 0.3) is 5.91 Å². The molecule has 8 nitrogen and oxygen atoms in total. The number of aromatic nitrogens is 1. The number of nitrogens with one attached hydrogen (secondary N) is 2. The van der Waals surface area contributed by atoms with Crippen molar-refractivity contribution in [1.82, 2.24) is 20.5 Å². The van der Waals surface area contributed by atoms with Crippen molar-refractivity contribution in [1.29, 1.82) is 0 Å². The van der Waals surface area contributed by atoms with Gasteiger partial charge in [-0.25, -0.2) is 4.98 Å². The molecule has 194 valence electrons. The molecule has 1 aromatic carbocycles. The number of alkyl halides is 3. The number of carbonyl (C=O) groups excluding carboxylic acids is 2. The zero-order valence-corrected chi connectivity index (χ0v) is 19.8. The summed E-state index contributed by atoms with van der Waals surface area (Å²) in [7, 11) is 1.52. The summed E-state index contributed by atoms with van der Waals surface area (Å²) in [6.45, 7) is 1.02. The second-order valence-electron chi connectivity index (χ2n) is 9.22. The quantitative estimate of drug-likeness (QED) is 0.533. The molecule has 1 aromatic heterocycles. The largest absolute Gasteiger partial charge is 0.481 e. The Balaban J connectivity index is 1.36. The SMILES string of the molecule is COc1ccc(C2(O)CCC(N(C(=O)CNC(=O)c3ccc(C(F)(F)F)cc3)C3CNC3)CC2)cn1. The highest BCUT2D eigenvalue weighted by Gasteiger charge is 2.41. The third-order valence-corrected chi connectivity index (χ3v) is 6.97. The van der Waals surface area contributed by atoms with Gasteiger partial charge in [-0.3, -0.25) is 9.59 Å². The van der Waals surface area contributed by atoms with Crippen LogP contribution in [0.2, 0.25) is 0 Å². The summed E-state index contributed by atoms with van der Waals surface area (Å²) in [4.78, 5) is 31.5. The lowest BCUT2D eigenvalue weighted by molar-refractivity contribution is -0.139. The van der Waals surface area contributed by atoms with Gasteiger partial charge in [-0.15, -0.1) is 0 Å². The zero-order valence-electron chi connectivity index (χ0n) is 19.8. The minimum Gasteiger partial charge on any atom is -0.481 e. The number of nitrogens with zero attached hydrogens (tertiary/aromatic N) is 2. The number of carbonyl (C=O) groups is 2. The van der Waals surface area contributed by atoms with Gasteiger partial charge in [-0.2, -0.15) is 13.2 Å². The van der Waals surface area contributed by atoms with E-state index >= 15 is 0 Å². The van der Waals surface area contributed by atoms with Crippen LogP contribution in [0.4, 0.5) is 13.2 Å². The fraction of sp³-hybridized carbons (Fsp3) is 0.480. The molecular weight excluding hydrogens is 477 g/mol. The number of halogens is 3. The van der Waals surface area contributed by atoms with Crippen LogP contribution in [0.25, 0.3) is 0 Å². The fourth-order valence-electron chi connectivity index (χ4n) is 4.76. The van der Waals surface area contributed by atoms with Crippen molar-refractivity contribution in [2.45, 2.75) is 49.5 Å². The maximum Gasteiger partial charge on any atom is 0.416 e. The van der Waals surface area contributed by atoms with Crippen molar-refractivity contribution in [2.75, 3.05) is 26.7 Å². The molecule has 1 saturated heterocycles. The fourth-order valence-corrected chi connectivity index (χ4v) is 4.76. The van der Waals surface area contributed by atoms with Crippen LogP contribution in [0.15, 0.2) is 42.6 Å². The maximum absolute atomic E-state index is 13.1. The average Bonchev–Trinajstić information content (AvgIpc) is 2.84. The molecule has 4 rings (SSSR count). The van der Waals surface area contributed by atoms with Gasteiger partial charge >= 0.3 is 6.18 Å². The number of pyridine rings is 1. The molecule has 2 aromatic rings. The number of ether oxygens (including phenoxy) is 1. The third kappa shape index (κ3) is 5.62. The average molecular weight is 507 g/mol. The van der Waals surface area contributed by atoms with Gasteiger partial charge in [0.1, 0.15) is 0 Å². The molecule has 1 aliphatic carbocycles. The van der Waals surface area contributed by atoms with Crippen LogP contribution >= 0.6 is 0 Å². The van der Waals surface area contributed by atoms with Crippen LogP contribution in [-0.4, -0.2) is 65.6 Å². The lowest BCUT2D eigenvalue weighted by Gasteiger charge is -2.47. The van der Waals surface area contributed by atoms with Gasteiger partial charge in [-0.05, 0) is 56.0 Å².